The van der Waals surface area contributed by atoms with Gasteiger partial charge in [0.25, 0.3) is 0 Å². The van der Waals surface area contributed by atoms with Gasteiger partial charge in [-0.15, -0.1) is 11.3 Å². The molecule has 2 aromatic rings. The number of anilines is 1. The van der Waals surface area contributed by atoms with E-state index in [-0.39, 0.29) is 6.10 Å². The SMILES string of the molecule is CC1CN(c2ncnc3ccsc23)CCC1O. The lowest BCUT2D eigenvalue weighted by molar-refractivity contribution is 0.0970. The van der Waals surface area contributed by atoms with E-state index in [1.165, 1.54) is 0 Å². The minimum Gasteiger partial charge on any atom is -0.393 e. The summed E-state index contributed by atoms with van der Waals surface area (Å²) < 4.78 is 1.15. The smallest absolute Gasteiger partial charge is 0.150 e. The first kappa shape index (κ1) is 10.9. The molecule has 3 rings (SSSR count). The average Bonchev–Trinajstić information content (AvgIpc) is 2.80. The first-order chi connectivity index (χ1) is 8.25. The molecule has 0 amide bonds. The number of nitrogens with zero attached hydrogens (tertiary/aromatic N) is 3. The van der Waals surface area contributed by atoms with E-state index in [4.69, 9.17) is 0 Å². The second-order valence-corrected chi connectivity index (χ2v) is 5.53. The van der Waals surface area contributed by atoms with Crippen LogP contribution in [0.2, 0.25) is 0 Å². The third kappa shape index (κ3) is 1.89. The summed E-state index contributed by atoms with van der Waals surface area (Å²) in [6.07, 6.45) is 2.27. The van der Waals surface area contributed by atoms with Gasteiger partial charge in [0, 0.05) is 13.1 Å². The molecule has 4 nitrogen and oxygen atoms in total. The number of piperidine rings is 1. The average molecular weight is 249 g/mol. The Morgan fingerprint density at radius 3 is 3.18 bits per heavy atom. The second kappa shape index (κ2) is 4.23. The quantitative estimate of drug-likeness (QED) is 0.838. The van der Waals surface area contributed by atoms with E-state index in [1.54, 1.807) is 17.7 Å². The van der Waals surface area contributed by atoms with E-state index in [0.29, 0.717) is 5.92 Å². The largest absolute Gasteiger partial charge is 0.393 e. The molecule has 1 N–H and O–H groups in total. The zero-order valence-electron chi connectivity index (χ0n) is 9.71. The van der Waals surface area contributed by atoms with Crippen LogP contribution < -0.4 is 4.90 Å². The van der Waals surface area contributed by atoms with Gasteiger partial charge in [-0.1, -0.05) is 6.92 Å². The van der Waals surface area contributed by atoms with Crippen LogP contribution in [0.3, 0.4) is 0 Å². The van der Waals surface area contributed by atoms with E-state index in [0.717, 1.165) is 35.5 Å². The van der Waals surface area contributed by atoms with Gasteiger partial charge in [-0.25, -0.2) is 9.97 Å². The molecule has 2 atom stereocenters. The number of aliphatic hydroxyl groups excluding tert-OH is 1. The number of fused-ring (bicyclic) bond motifs is 1. The summed E-state index contributed by atoms with van der Waals surface area (Å²) in [4.78, 5) is 10.9. The lowest BCUT2D eigenvalue weighted by Gasteiger charge is -2.35. The Morgan fingerprint density at radius 2 is 2.35 bits per heavy atom. The molecular weight excluding hydrogens is 234 g/mol. The molecule has 0 aromatic carbocycles. The maximum atomic E-state index is 9.76. The molecule has 3 heterocycles. The second-order valence-electron chi connectivity index (χ2n) is 4.61. The number of thiophene rings is 1. The minimum atomic E-state index is -0.174. The maximum absolute atomic E-state index is 9.76. The van der Waals surface area contributed by atoms with Crippen molar-refractivity contribution in [3.63, 3.8) is 0 Å². The molecule has 0 radical (unpaired) electrons. The van der Waals surface area contributed by atoms with Gasteiger partial charge in [0.1, 0.15) is 12.1 Å². The van der Waals surface area contributed by atoms with Crippen molar-refractivity contribution in [2.75, 3.05) is 18.0 Å². The van der Waals surface area contributed by atoms with Gasteiger partial charge in [-0.3, -0.25) is 0 Å². The van der Waals surface area contributed by atoms with Crippen LogP contribution in [-0.4, -0.2) is 34.3 Å². The van der Waals surface area contributed by atoms with Crippen LogP contribution >= 0.6 is 11.3 Å². The van der Waals surface area contributed by atoms with Gasteiger partial charge in [0.15, 0.2) is 0 Å². The number of aromatic nitrogens is 2. The predicted octanol–water partition coefficient (Wildman–Crippen LogP) is 1.90. The van der Waals surface area contributed by atoms with Crippen molar-refractivity contribution in [1.82, 2.24) is 9.97 Å². The van der Waals surface area contributed by atoms with Crippen LogP contribution in [0.5, 0.6) is 0 Å². The highest BCUT2D eigenvalue weighted by atomic mass is 32.1. The summed E-state index contributed by atoms with van der Waals surface area (Å²) in [5.41, 5.74) is 1.01. The van der Waals surface area contributed by atoms with E-state index in [1.807, 2.05) is 11.4 Å². The number of aliphatic hydroxyl groups is 1. The lowest BCUT2D eigenvalue weighted by atomic mass is 9.97. The predicted molar refractivity (Wildman–Crippen MR) is 69.4 cm³/mol. The minimum absolute atomic E-state index is 0.174. The highest BCUT2D eigenvalue weighted by Gasteiger charge is 2.26. The Morgan fingerprint density at radius 1 is 1.47 bits per heavy atom. The molecule has 0 spiro atoms. The molecule has 1 saturated heterocycles. The Kier molecular flexibility index (Phi) is 2.72. The zero-order valence-corrected chi connectivity index (χ0v) is 10.5. The van der Waals surface area contributed by atoms with E-state index < -0.39 is 0 Å². The maximum Gasteiger partial charge on any atom is 0.150 e. The molecule has 17 heavy (non-hydrogen) atoms. The van der Waals surface area contributed by atoms with Crippen LogP contribution in [0.1, 0.15) is 13.3 Å². The lowest BCUT2D eigenvalue weighted by Crippen LogP contribution is -2.42. The van der Waals surface area contributed by atoms with Crippen molar-refractivity contribution in [3.05, 3.63) is 17.8 Å². The van der Waals surface area contributed by atoms with Crippen molar-refractivity contribution < 1.29 is 5.11 Å². The normalized spacial score (nSPS) is 25.4. The molecule has 0 saturated carbocycles. The summed E-state index contributed by atoms with van der Waals surface area (Å²) in [5, 5.41) is 11.8. The zero-order chi connectivity index (χ0) is 11.8. The molecule has 5 heteroatoms. The number of hydrogen-bond donors (Lipinski definition) is 1. The summed E-state index contributed by atoms with van der Waals surface area (Å²) in [5.74, 6) is 1.32. The summed E-state index contributed by atoms with van der Waals surface area (Å²) in [7, 11) is 0. The summed E-state index contributed by atoms with van der Waals surface area (Å²) in [6, 6.07) is 2.02. The fraction of sp³-hybridized carbons (Fsp3) is 0.500. The van der Waals surface area contributed by atoms with Crippen molar-refractivity contribution in [3.8, 4) is 0 Å². The molecule has 1 aliphatic heterocycles. The summed E-state index contributed by atoms with van der Waals surface area (Å²) in [6.45, 7) is 3.82. The monoisotopic (exact) mass is 249 g/mol. The molecular formula is C12H15N3OS. The van der Waals surface area contributed by atoms with E-state index in [2.05, 4.69) is 21.8 Å². The van der Waals surface area contributed by atoms with Gasteiger partial charge >= 0.3 is 0 Å². The third-order valence-electron chi connectivity index (χ3n) is 3.38. The highest BCUT2D eigenvalue weighted by molar-refractivity contribution is 7.17. The van der Waals surface area contributed by atoms with Crippen molar-refractivity contribution in [2.24, 2.45) is 5.92 Å². The van der Waals surface area contributed by atoms with Crippen molar-refractivity contribution in [1.29, 1.82) is 0 Å². The third-order valence-corrected chi connectivity index (χ3v) is 4.28. The Hall–Kier alpha value is -1.20. The van der Waals surface area contributed by atoms with Gasteiger partial charge in [-0.2, -0.15) is 0 Å². The Bertz CT molecular complexity index is 527. The van der Waals surface area contributed by atoms with Crippen molar-refractivity contribution >= 4 is 27.4 Å². The Balaban J connectivity index is 1.96. The highest BCUT2D eigenvalue weighted by Crippen LogP contribution is 2.30. The van der Waals surface area contributed by atoms with Crippen LogP contribution in [0.25, 0.3) is 10.2 Å². The van der Waals surface area contributed by atoms with Gasteiger partial charge in [0.05, 0.1) is 16.3 Å². The van der Waals surface area contributed by atoms with Crippen LogP contribution in [0.4, 0.5) is 5.82 Å². The van der Waals surface area contributed by atoms with Crippen LogP contribution in [0.15, 0.2) is 17.8 Å². The van der Waals surface area contributed by atoms with E-state index in [9.17, 15) is 5.11 Å². The Labute approximate surface area is 104 Å². The molecule has 0 bridgehead atoms. The van der Waals surface area contributed by atoms with Crippen LogP contribution in [0, 0.1) is 5.92 Å². The molecule has 1 aliphatic rings. The number of rotatable bonds is 1. The van der Waals surface area contributed by atoms with Gasteiger partial charge in [0.2, 0.25) is 0 Å². The van der Waals surface area contributed by atoms with Gasteiger partial charge in [-0.05, 0) is 23.8 Å². The fourth-order valence-electron chi connectivity index (χ4n) is 2.33. The van der Waals surface area contributed by atoms with Crippen molar-refractivity contribution in [2.45, 2.75) is 19.4 Å². The topological polar surface area (TPSA) is 49.2 Å². The molecule has 0 aliphatic carbocycles. The van der Waals surface area contributed by atoms with Crippen LogP contribution in [-0.2, 0) is 0 Å². The number of hydrogen-bond acceptors (Lipinski definition) is 5. The molecule has 2 unspecified atom stereocenters. The first-order valence-electron chi connectivity index (χ1n) is 5.87. The van der Waals surface area contributed by atoms with E-state index >= 15 is 0 Å². The van der Waals surface area contributed by atoms with Gasteiger partial charge < -0.3 is 10.0 Å². The fourth-order valence-corrected chi connectivity index (χ4v) is 3.19. The molecule has 2 aromatic heterocycles. The first-order valence-corrected chi connectivity index (χ1v) is 6.75. The molecule has 90 valence electrons. The standard InChI is InChI=1S/C12H15N3OS/c1-8-6-15(4-2-10(8)16)12-11-9(3-5-17-11)13-7-14-12/h3,5,7-8,10,16H,2,4,6H2,1H3. The molecule has 1 fully saturated rings. The summed E-state index contributed by atoms with van der Waals surface area (Å²) >= 11 is 1.68.